The van der Waals surface area contributed by atoms with Gasteiger partial charge in [0.2, 0.25) is 0 Å². The summed E-state index contributed by atoms with van der Waals surface area (Å²) in [5.74, 6) is 0.833. The first-order valence-corrected chi connectivity index (χ1v) is 7.70. The van der Waals surface area contributed by atoms with Gasteiger partial charge in [-0.1, -0.05) is 6.92 Å². The molecule has 0 amide bonds. The van der Waals surface area contributed by atoms with Crippen LogP contribution in [0, 0.1) is 5.92 Å². The molecular formula is C16H27N3O. The van der Waals surface area contributed by atoms with E-state index in [0.717, 1.165) is 37.7 Å². The van der Waals surface area contributed by atoms with Crippen LogP contribution in [0.4, 0.5) is 11.4 Å². The Morgan fingerprint density at radius 3 is 2.90 bits per heavy atom. The third kappa shape index (κ3) is 4.10. The zero-order valence-corrected chi connectivity index (χ0v) is 12.9. The third-order valence-electron chi connectivity index (χ3n) is 3.97. The maximum atomic E-state index is 5.26. The summed E-state index contributed by atoms with van der Waals surface area (Å²) >= 11 is 0. The average Bonchev–Trinajstić information content (AvgIpc) is 3.30. The molecule has 1 aromatic rings. The van der Waals surface area contributed by atoms with E-state index in [2.05, 4.69) is 35.1 Å². The van der Waals surface area contributed by atoms with Crippen LogP contribution in [0.5, 0.6) is 0 Å². The Morgan fingerprint density at radius 2 is 2.25 bits per heavy atom. The second-order valence-corrected chi connectivity index (χ2v) is 5.62. The van der Waals surface area contributed by atoms with Gasteiger partial charge in [-0.15, -0.1) is 0 Å². The lowest BCUT2D eigenvalue weighted by Gasteiger charge is -2.31. The van der Waals surface area contributed by atoms with Gasteiger partial charge in [-0.25, -0.2) is 0 Å². The van der Waals surface area contributed by atoms with Crippen molar-refractivity contribution in [1.29, 1.82) is 0 Å². The number of aromatic nitrogens is 1. The lowest BCUT2D eigenvalue weighted by molar-refractivity contribution is 0.202. The molecule has 2 rings (SSSR count). The summed E-state index contributed by atoms with van der Waals surface area (Å²) in [7, 11) is 1.76. The summed E-state index contributed by atoms with van der Waals surface area (Å²) < 4.78 is 5.26. The Labute approximate surface area is 122 Å². The van der Waals surface area contributed by atoms with Gasteiger partial charge in [0.05, 0.1) is 30.4 Å². The smallest absolute Gasteiger partial charge is 0.0637 e. The van der Waals surface area contributed by atoms with Gasteiger partial charge in [-0.3, -0.25) is 4.98 Å². The first-order valence-electron chi connectivity index (χ1n) is 7.70. The molecule has 1 aliphatic carbocycles. The van der Waals surface area contributed by atoms with E-state index in [-0.39, 0.29) is 0 Å². The highest BCUT2D eigenvalue weighted by Crippen LogP contribution is 2.37. The Hall–Kier alpha value is -1.29. The first-order chi connectivity index (χ1) is 9.76. The van der Waals surface area contributed by atoms with E-state index in [1.54, 1.807) is 7.11 Å². The summed E-state index contributed by atoms with van der Waals surface area (Å²) in [5.41, 5.74) is 2.30. The van der Waals surface area contributed by atoms with Crippen LogP contribution in [0.2, 0.25) is 0 Å². The highest BCUT2D eigenvalue weighted by atomic mass is 16.5. The predicted molar refractivity (Wildman–Crippen MR) is 84.4 cm³/mol. The lowest BCUT2D eigenvalue weighted by atomic mass is 10.1. The van der Waals surface area contributed by atoms with Gasteiger partial charge in [0.25, 0.3) is 0 Å². The van der Waals surface area contributed by atoms with Crippen LogP contribution in [0.3, 0.4) is 0 Å². The Balaban J connectivity index is 2.09. The number of methoxy groups -OCH3 is 1. The molecule has 4 nitrogen and oxygen atoms in total. The minimum atomic E-state index is 0.563. The highest BCUT2D eigenvalue weighted by molar-refractivity contribution is 5.56. The summed E-state index contributed by atoms with van der Waals surface area (Å²) in [4.78, 5) is 6.82. The van der Waals surface area contributed by atoms with E-state index in [4.69, 9.17) is 4.74 Å². The lowest BCUT2D eigenvalue weighted by Crippen LogP contribution is -2.37. The molecule has 0 aromatic carbocycles. The van der Waals surface area contributed by atoms with E-state index < -0.39 is 0 Å². The van der Waals surface area contributed by atoms with Crippen molar-refractivity contribution in [1.82, 2.24) is 4.98 Å². The molecule has 1 heterocycles. The summed E-state index contributed by atoms with van der Waals surface area (Å²) in [6.45, 7) is 7.15. The minimum Gasteiger partial charge on any atom is -0.384 e. The fourth-order valence-corrected chi connectivity index (χ4v) is 2.54. The Morgan fingerprint density at radius 1 is 1.45 bits per heavy atom. The Kier molecular flexibility index (Phi) is 5.65. The number of hydrogen-bond acceptors (Lipinski definition) is 4. The molecule has 1 N–H and O–H groups in total. The molecule has 112 valence electrons. The van der Waals surface area contributed by atoms with Gasteiger partial charge in [0, 0.05) is 26.2 Å². The molecule has 4 heteroatoms. The maximum absolute atomic E-state index is 5.26. The normalized spacial score (nSPS) is 15.9. The molecule has 1 saturated carbocycles. The van der Waals surface area contributed by atoms with Crippen molar-refractivity contribution in [3.63, 3.8) is 0 Å². The second kappa shape index (κ2) is 7.48. The predicted octanol–water partition coefficient (Wildman–Crippen LogP) is 3.15. The molecule has 1 fully saturated rings. The number of pyridine rings is 1. The fourth-order valence-electron chi connectivity index (χ4n) is 2.54. The van der Waals surface area contributed by atoms with Gasteiger partial charge in [0.15, 0.2) is 0 Å². The zero-order valence-electron chi connectivity index (χ0n) is 12.9. The number of anilines is 2. The van der Waals surface area contributed by atoms with Crippen molar-refractivity contribution < 1.29 is 4.74 Å². The molecule has 0 saturated heterocycles. The van der Waals surface area contributed by atoms with E-state index in [9.17, 15) is 0 Å². The number of ether oxygens (including phenoxy) is 1. The fraction of sp³-hybridized carbons (Fsp3) is 0.688. The van der Waals surface area contributed by atoms with Gasteiger partial charge >= 0.3 is 0 Å². The van der Waals surface area contributed by atoms with E-state index in [1.807, 2.05) is 12.4 Å². The molecule has 1 atom stereocenters. The molecule has 1 aliphatic rings. The van der Waals surface area contributed by atoms with Crippen molar-refractivity contribution in [2.45, 2.75) is 39.2 Å². The van der Waals surface area contributed by atoms with Crippen LogP contribution in [-0.4, -0.2) is 37.8 Å². The van der Waals surface area contributed by atoms with Crippen LogP contribution in [-0.2, 0) is 4.74 Å². The standard InChI is InChI=1S/C16H27N3O/c1-4-7-18-15-10-16(12-17-11-15)19(8-9-20-3)13(2)14-5-6-14/h10-14,18H,4-9H2,1-3H3. The average molecular weight is 277 g/mol. The molecule has 1 aromatic heterocycles. The number of hydrogen-bond donors (Lipinski definition) is 1. The van der Waals surface area contributed by atoms with Gasteiger partial charge < -0.3 is 15.0 Å². The molecule has 0 radical (unpaired) electrons. The monoisotopic (exact) mass is 277 g/mol. The van der Waals surface area contributed by atoms with E-state index in [1.165, 1.54) is 18.5 Å². The summed E-state index contributed by atoms with van der Waals surface area (Å²) in [6, 6.07) is 2.77. The molecule has 0 spiro atoms. The van der Waals surface area contributed by atoms with Crippen molar-refractivity contribution in [2.75, 3.05) is 37.0 Å². The van der Waals surface area contributed by atoms with E-state index >= 15 is 0 Å². The van der Waals surface area contributed by atoms with Gasteiger partial charge in [0.1, 0.15) is 0 Å². The summed E-state index contributed by atoms with van der Waals surface area (Å²) in [6.07, 6.45) is 7.69. The minimum absolute atomic E-state index is 0.563. The molecule has 0 bridgehead atoms. The topological polar surface area (TPSA) is 37.4 Å². The maximum Gasteiger partial charge on any atom is 0.0637 e. The Bertz CT molecular complexity index is 406. The van der Waals surface area contributed by atoms with Crippen molar-refractivity contribution in [3.05, 3.63) is 18.5 Å². The highest BCUT2D eigenvalue weighted by Gasteiger charge is 2.32. The molecule has 20 heavy (non-hydrogen) atoms. The number of nitrogens with zero attached hydrogens (tertiary/aromatic N) is 2. The van der Waals surface area contributed by atoms with Crippen molar-refractivity contribution in [3.8, 4) is 0 Å². The van der Waals surface area contributed by atoms with Gasteiger partial charge in [-0.2, -0.15) is 0 Å². The van der Waals surface area contributed by atoms with Crippen LogP contribution in [0.1, 0.15) is 33.1 Å². The molecule has 0 aliphatic heterocycles. The van der Waals surface area contributed by atoms with Gasteiger partial charge in [-0.05, 0) is 38.2 Å². The van der Waals surface area contributed by atoms with Crippen molar-refractivity contribution >= 4 is 11.4 Å². The van der Waals surface area contributed by atoms with Crippen LogP contribution >= 0.6 is 0 Å². The number of nitrogens with one attached hydrogen (secondary N) is 1. The SMILES string of the molecule is CCCNc1cncc(N(CCOC)C(C)C2CC2)c1. The molecular weight excluding hydrogens is 250 g/mol. The van der Waals surface area contributed by atoms with E-state index in [0.29, 0.717) is 6.04 Å². The van der Waals surface area contributed by atoms with Crippen molar-refractivity contribution in [2.24, 2.45) is 5.92 Å². The largest absolute Gasteiger partial charge is 0.384 e. The zero-order chi connectivity index (χ0) is 14.4. The third-order valence-corrected chi connectivity index (χ3v) is 3.97. The number of rotatable bonds is 9. The second-order valence-electron chi connectivity index (χ2n) is 5.62. The molecule has 1 unspecified atom stereocenters. The van der Waals surface area contributed by atoms with Crippen LogP contribution < -0.4 is 10.2 Å². The summed E-state index contributed by atoms with van der Waals surface area (Å²) in [5, 5.41) is 3.41. The first kappa shape index (κ1) is 15.1. The van der Waals surface area contributed by atoms with Crippen LogP contribution in [0.15, 0.2) is 18.5 Å². The van der Waals surface area contributed by atoms with Crippen LogP contribution in [0.25, 0.3) is 0 Å². The quantitative estimate of drug-likeness (QED) is 0.752.